The number of ether oxygens (including phenoxy) is 2. The third kappa shape index (κ3) is 3.30. The minimum absolute atomic E-state index is 0.000376. The van der Waals surface area contributed by atoms with Gasteiger partial charge in [0.2, 0.25) is 0 Å². The fraction of sp³-hybridized carbons (Fsp3) is 0.412. The van der Waals surface area contributed by atoms with Gasteiger partial charge in [0.1, 0.15) is 0 Å². The van der Waals surface area contributed by atoms with Crippen LogP contribution in [0.25, 0.3) is 11.3 Å². The van der Waals surface area contributed by atoms with Gasteiger partial charge >= 0.3 is 5.97 Å². The first kappa shape index (κ1) is 17.2. The molecule has 1 aliphatic heterocycles. The van der Waals surface area contributed by atoms with E-state index in [0.29, 0.717) is 18.7 Å². The highest BCUT2D eigenvalue weighted by molar-refractivity contribution is 5.99. The number of aromatic carboxylic acids is 1. The molecule has 1 fully saturated rings. The molecule has 3 rings (SSSR count). The molecule has 1 saturated heterocycles. The number of carboxylic acid groups (broad SMARTS) is 1. The van der Waals surface area contributed by atoms with Crippen molar-refractivity contribution in [2.24, 2.45) is 0 Å². The van der Waals surface area contributed by atoms with Gasteiger partial charge in [-0.1, -0.05) is 5.16 Å². The molecule has 1 aromatic heterocycles. The summed E-state index contributed by atoms with van der Waals surface area (Å²) >= 11 is 0. The Morgan fingerprint density at radius 3 is 2.64 bits per heavy atom. The quantitative estimate of drug-likeness (QED) is 0.907. The van der Waals surface area contributed by atoms with E-state index in [0.717, 1.165) is 0 Å². The maximum atomic E-state index is 13.6. The Balaban J connectivity index is 2.05. The second-order valence-corrected chi connectivity index (χ2v) is 6.03. The molecule has 2 aromatic rings. The van der Waals surface area contributed by atoms with Crippen LogP contribution < -0.4 is 9.64 Å². The number of hydrogen-bond donors (Lipinski definition) is 1. The van der Waals surface area contributed by atoms with Crippen molar-refractivity contribution in [3.63, 3.8) is 0 Å². The first-order valence-electron chi connectivity index (χ1n) is 7.88. The van der Waals surface area contributed by atoms with Gasteiger partial charge in [-0.15, -0.1) is 0 Å². The van der Waals surface area contributed by atoms with Gasteiger partial charge in [0.05, 0.1) is 19.3 Å². The molecule has 1 aliphatic rings. The van der Waals surface area contributed by atoms with Crippen molar-refractivity contribution < 1.29 is 28.3 Å². The van der Waals surface area contributed by atoms with Crippen LogP contribution in [0.5, 0.6) is 5.75 Å². The van der Waals surface area contributed by atoms with E-state index in [2.05, 4.69) is 5.16 Å². The van der Waals surface area contributed by atoms with Crippen LogP contribution in [0.3, 0.4) is 0 Å². The fourth-order valence-corrected chi connectivity index (χ4v) is 3.04. The maximum Gasteiger partial charge on any atom is 0.343 e. The predicted molar refractivity (Wildman–Crippen MR) is 87.6 cm³/mol. The number of morpholine rings is 1. The average Bonchev–Trinajstić information content (AvgIpc) is 2.99. The van der Waals surface area contributed by atoms with Gasteiger partial charge in [0, 0.05) is 18.7 Å². The lowest BCUT2D eigenvalue weighted by molar-refractivity contribution is -0.00569. The van der Waals surface area contributed by atoms with E-state index in [1.807, 2.05) is 18.7 Å². The summed E-state index contributed by atoms with van der Waals surface area (Å²) in [6.07, 6.45) is -0.118. The highest BCUT2D eigenvalue weighted by Crippen LogP contribution is 2.34. The van der Waals surface area contributed by atoms with Crippen LogP contribution >= 0.6 is 0 Å². The van der Waals surface area contributed by atoms with Crippen LogP contribution in [0.4, 0.5) is 10.2 Å². The van der Waals surface area contributed by atoms with Gasteiger partial charge in [-0.05, 0) is 32.0 Å². The molecule has 0 bridgehead atoms. The van der Waals surface area contributed by atoms with E-state index in [1.54, 1.807) is 0 Å². The Morgan fingerprint density at radius 1 is 1.36 bits per heavy atom. The first-order chi connectivity index (χ1) is 11.9. The number of rotatable bonds is 4. The number of aromatic nitrogens is 1. The topological polar surface area (TPSA) is 85.0 Å². The Hall–Kier alpha value is -2.61. The number of hydrogen-bond acceptors (Lipinski definition) is 6. The molecule has 0 spiro atoms. The summed E-state index contributed by atoms with van der Waals surface area (Å²) < 4.78 is 29.5. The molecule has 0 amide bonds. The summed E-state index contributed by atoms with van der Waals surface area (Å²) in [5.41, 5.74) is 0.318. The van der Waals surface area contributed by atoms with E-state index in [4.69, 9.17) is 14.0 Å². The third-order valence-electron chi connectivity index (χ3n) is 4.02. The number of benzene rings is 1. The highest BCUT2D eigenvalue weighted by atomic mass is 19.1. The second kappa shape index (κ2) is 6.72. The maximum absolute atomic E-state index is 13.6. The number of methoxy groups -OCH3 is 1. The molecular formula is C17H19FN2O5. The lowest BCUT2D eigenvalue weighted by atomic mass is 10.1. The van der Waals surface area contributed by atoms with Gasteiger partial charge in [-0.3, -0.25) is 0 Å². The summed E-state index contributed by atoms with van der Waals surface area (Å²) in [4.78, 5) is 13.7. The van der Waals surface area contributed by atoms with E-state index in [9.17, 15) is 14.3 Å². The Morgan fingerprint density at radius 2 is 2.04 bits per heavy atom. The van der Waals surface area contributed by atoms with Crippen molar-refractivity contribution in [3.8, 4) is 17.1 Å². The van der Waals surface area contributed by atoms with E-state index < -0.39 is 11.8 Å². The number of carboxylic acids is 1. The van der Waals surface area contributed by atoms with Gasteiger partial charge in [0.15, 0.2) is 28.7 Å². The fourth-order valence-electron chi connectivity index (χ4n) is 3.04. The van der Waals surface area contributed by atoms with Crippen molar-refractivity contribution in [1.29, 1.82) is 0 Å². The number of halogens is 1. The summed E-state index contributed by atoms with van der Waals surface area (Å²) in [6, 6.07) is 4.01. The summed E-state index contributed by atoms with van der Waals surface area (Å²) in [5, 5.41) is 13.6. The molecule has 0 saturated carbocycles. The van der Waals surface area contributed by atoms with Crippen LogP contribution in [0.2, 0.25) is 0 Å². The Labute approximate surface area is 143 Å². The third-order valence-corrected chi connectivity index (χ3v) is 4.02. The zero-order chi connectivity index (χ0) is 18.1. The van der Waals surface area contributed by atoms with Crippen molar-refractivity contribution in [2.45, 2.75) is 26.1 Å². The summed E-state index contributed by atoms with van der Waals surface area (Å²) in [7, 11) is 1.34. The van der Waals surface area contributed by atoms with Crippen LogP contribution in [-0.4, -0.2) is 48.6 Å². The molecule has 0 unspecified atom stereocenters. The van der Waals surface area contributed by atoms with E-state index in [1.165, 1.54) is 25.3 Å². The number of nitrogens with zero attached hydrogens (tertiary/aromatic N) is 2. The lowest BCUT2D eigenvalue weighted by Gasteiger charge is -2.35. The molecule has 0 aliphatic carbocycles. The molecule has 8 heteroatoms. The predicted octanol–water partition coefficient (Wildman–Crippen LogP) is 2.80. The van der Waals surface area contributed by atoms with Crippen LogP contribution in [0, 0.1) is 5.82 Å². The van der Waals surface area contributed by atoms with Crippen molar-refractivity contribution >= 4 is 11.8 Å². The highest BCUT2D eigenvalue weighted by Gasteiger charge is 2.32. The number of carbonyl (C=O) groups is 1. The standard InChI is InChI=1S/C17H19FN2O5/c1-9-7-20(8-10(2)24-9)16-14(17(21)22)15(25-19-16)11-4-5-12(18)13(6-11)23-3/h4-6,9-10H,7-8H2,1-3H3,(H,21,22)/t9-,10+. The largest absolute Gasteiger partial charge is 0.494 e. The second-order valence-electron chi connectivity index (χ2n) is 6.03. The Kier molecular flexibility index (Phi) is 4.63. The van der Waals surface area contributed by atoms with Crippen molar-refractivity contribution in [3.05, 3.63) is 29.6 Å². The molecular weight excluding hydrogens is 331 g/mol. The minimum Gasteiger partial charge on any atom is -0.494 e. The van der Waals surface area contributed by atoms with Crippen LogP contribution in [0.15, 0.2) is 22.7 Å². The smallest absolute Gasteiger partial charge is 0.343 e. The Bertz CT molecular complexity index is 781. The van der Waals surface area contributed by atoms with Gasteiger partial charge in [0.25, 0.3) is 0 Å². The van der Waals surface area contributed by atoms with Gasteiger partial charge < -0.3 is 24.0 Å². The molecule has 7 nitrogen and oxygen atoms in total. The zero-order valence-electron chi connectivity index (χ0n) is 14.2. The molecule has 2 heterocycles. The molecule has 2 atom stereocenters. The summed E-state index contributed by atoms with van der Waals surface area (Å²) in [6.45, 7) is 4.83. The number of anilines is 1. The molecule has 25 heavy (non-hydrogen) atoms. The van der Waals surface area contributed by atoms with Gasteiger partial charge in [-0.25, -0.2) is 9.18 Å². The molecule has 134 valence electrons. The molecule has 1 aromatic carbocycles. The van der Waals surface area contributed by atoms with Crippen molar-refractivity contribution in [1.82, 2.24) is 5.16 Å². The average molecular weight is 350 g/mol. The zero-order valence-corrected chi connectivity index (χ0v) is 14.2. The molecule has 0 radical (unpaired) electrons. The van der Waals surface area contributed by atoms with E-state index in [-0.39, 0.29) is 35.1 Å². The SMILES string of the molecule is COc1cc(-c2onc(N3C[C@@H](C)O[C@@H](C)C3)c2C(=O)O)ccc1F. The lowest BCUT2D eigenvalue weighted by Crippen LogP contribution is -2.46. The van der Waals surface area contributed by atoms with Crippen LogP contribution in [-0.2, 0) is 4.74 Å². The van der Waals surface area contributed by atoms with E-state index >= 15 is 0 Å². The first-order valence-corrected chi connectivity index (χ1v) is 7.88. The summed E-state index contributed by atoms with van der Waals surface area (Å²) in [5.74, 6) is -1.40. The molecule has 1 N–H and O–H groups in total. The minimum atomic E-state index is -1.17. The van der Waals surface area contributed by atoms with Crippen LogP contribution in [0.1, 0.15) is 24.2 Å². The van der Waals surface area contributed by atoms with Crippen molar-refractivity contribution in [2.75, 3.05) is 25.1 Å². The normalized spacial score (nSPS) is 20.6. The van der Waals surface area contributed by atoms with Gasteiger partial charge in [-0.2, -0.15) is 0 Å². The monoisotopic (exact) mass is 350 g/mol.